The molecule has 0 aliphatic heterocycles. The molecule has 3 heteroatoms. The van der Waals surface area contributed by atoms with Crippen molar-refractivity contribution < 1.29 is 0 Å². The van der Waals surface area contributed by atoms with Crippen LogP contribution in [0.25, 0.3) is 44.8 Å². The monoisotopic (exact) mass is 483 g/mol. The van der Waals surface area contributed by atoms with Crippen LogP contribution < -0.4 is 0 Å². The maximum Gasteiger partial charge on any atom is 0.0757 e. The highest BCUT2D eigenvalue weighted by atomic mass is 14.8. The number of benzene rings is 3. The molecule has 3 aliphatic carbocycles. The third-order valence-electron chi connectivity index (χ3n) is 8.71. The molecule has 0 radical (unpaired) electrons. The van der Waals surface area contributed by atoms with Gasteiger partial charge >= 0.3 is 0 Å². The van der Waals surface area contributed by atoms with Crippen LogP contribution in [0.2, 0.25) is 0 Å². The summed E-state index contributed by atoms with van der Waals surface area (Å²) in [5.74, 6) is 0. The molecule has 3 aromatic heterocycles. The van der Waals surface area contributed by atoms with E-state index in [9.17, 15) is 0 Å². The molecule has 0 amide bonds. The van der Waals surface area contributed by atoms with E-state index in [4.69, 9.17) is 9.97 Å². The summed E-state index contributed by atoms with van der Waals surface area (Å²) >= 11 is 0. The molecule has 3 aromatic carbocycles. The van der Waals surface area contributed by atoms with E-state index in [2.05, 4.69) is 96.0 Å². The van der Waals surface area contributed by atoms with E-state index in [1.54, 1.807) is 0 Å². The number of nitrogens with zero attached hydrogens (tertiary/aromatic N) is 3. The number of hydrogen-bond donors (Lipinski definition) is 0. The van der Waals surface area contributed by atoms with Crippen LogP contribution in [0.3, 0.4) is 0 Å². The minimum absolute atomic E-state index is 0.410. The van der Waals surface area contributed by atoms with E-state index in [0.29, 0.717) is 0 Å². The first kappa shape index (κ1) is 20.2. The van der Waals surface area contributed by atoms with Crippen molar-refractivity contribution in [2.45, 2.75) is 11.8 Å². The van der Waals surface area contributed by atoms with Crippen molar-refractivity contribution in [2.75, 3.05) is 0 Å². The largest absolute Gasteiger partial charge is 0.264 e. The molecule has 6 aromatic rings. The van der Waals surface area contributed by atoms with Gasteiger partial charge in [0, 0.05) is 41.5 Å². The Bertz CT molecular complexity index is 1920. The van der Waals surface area contributed by atoms with Crippen LogP contribution in [0.15, 0.2) is 116 Å². The molecule has 38 heavy (non-hydrogen) atoms. The van der Waals surface area contributed by atoms with Crippen LogP contribution in [0.1, 0.15) is 33.4 Å². The highest BCUT2D eigenvalue weighted by molar-refractivity contribution is 5.96. The predicted octanol–water partition coefficient (Wildman–Crippen LogP) is 7.45. The lowest BCUT2D eigenvalue weighted by atomic mass is 9.71. The smallest absolute Gasteiger partial charge is 0.0757 e. The van der Waals surface area contributed by atoms with Gasteiger partial charge in [-0.25, -0.2) is 0 Å². The minimum Gasteiger partial charge on any atom is -0.264 e. The van der Waals surface area contributed by atoms with E-state index in [1.165, 1.54) is 66.8 Å². The second-order valence-corrected chi connectivity index (χ2v) is 10.4. The molecule has 0 N–H and O–H groups in total. The molecule has 1 unspecified atom stereocenters. The van der Waals surface area contributed by atoms with E-state index in [1.807, 2.05) is 24.8 Å². The van der Waals surface area contributed by atoms with Crippen molar-refractivity contribution in [2.24, 2.45) is 0 Å². The van der Waals surface area contributed by atoms with Crippen LogP contribution >= 0.6 is 0 Å². The van der Waals surface area contributed by atoms with Crippen LogP contribution in [-0.2, 0) is 11.8 Å². The second kappa shape index (κ2) is 7.11. The Hall–Kier alpha value is -4.89. The Morgan fingerprint density at radius 1 is 0.526 bits per heavy atom. The van der Waals surface area contributed by atoms with Gasteiger partial charge in [0.2, 0.25) is 0 Å². The first-order valence-corrected chi connectivity index (χ1v) is 13.1. The van der Waals surface area contributed by atoms with Gasteiger partial charge in [0.15, 0.2) is 0 Å². The summed E-state index contributed by atoms with van der Waals surface area (Å²) in [7, 11) is 0. The van der Waals surface area contributed by atoms with E-state index in [-0.39, 0.29) is 0 Å². The summed E-state index contributed by atoms with van der Waals surface area (Å²) in [6, 6.07) is 33.2. The molecule has 0 saturated heterocycles. The third kappa shape index (κ3) is 2.33. The molecular formula is C35H21N3. The lowest BCUT2D eigenvalue weighted by Crippen LogP contribution is -2.25. The summed E-state index contributed by atoms with van der Waals surface area (Å²) in [4.78, 5) is 14.3. The van der Waals surface area contributed by atoms with Gasteiger partial charge in [-0.05, 0) is 80.8 Å². The molecular weight excluding hydrogens is 462 g/mol. The summed E-state index contributed by atoms with van der Waals surface area (Å²) in [6.07, 6.45) is 8.69. The molecule has 1 atom stereocenters. The Morgan fingerprint density at radius 3 is 2.13 bits per heavy atom. The first-order chi connectivity index (χ1) is 18.9. The van der Waals surface area contributed by atoms with Gasteiger partial charge in [-0.3, -0.25) is 15.0 Å². The van der Waals surface area contributed by atoms with Gasteiger partial charge in [0.1, 0.15) is 0 Å². The van der Waals surface area contributed by atoms with Crippen molar-refractivity contribution in [1.82, 2.24) is 15.0 Å². The lowest BCUT2D eigenvalue weighted by Gasteiger charge is -2.29. The zero-order valence-corrected chi connectivity index (χ0v) is 20.5. The number of fused-ring (bicyclic) bond motifs is 13. The van der Waals surface area contributed by atoms with Crippen LogP contribution in [0, 0.1) is 0 Å². The highest BCUT2D eigenvalue weighted by Gasteiger charge is 2.52. The fraction of sp³-hybridized carbons (Fsp3) is 0.0571. The zero-order valence-electron chi connectivity index (χ0n) is 20.5. The summed E-state index contributed by atoms with van der Waals surface area (Å²) in [5.41, 5.74) is 16.9. The molecule has 0 bridgehead atoms. The normalized spacial score (nSPS) is 16.9. The second-order valence-electron chi connectivity index (χ2n) is 10.4. The number of aromatic nitrogens is 3. The Morgan fingerprint density at radius 2 is 1.26 bits per heavy atom. The van der Waals surface area contributed by atoms with Crippen LogP contribution in [-0.4, -0.2) is 15.0 Å². The quantitative estimate of drug-likeness (QED) is 0.243. The van der Waals surface area contributed by atoms with Crippen molar-refractivity contribution in [3.8, 4) is 44.8 Å². The topological polar surface area (TPSA) is 38.7 Å². The Balaban J connectivity index is 1.34. The van der Waals surface area contributed by atoms with E-state index < -0.39 is 5.41 Å². The lowest BCUT2D eigenvalue weighted by molar-refractivity contribution is 0.789. The zero-order chi connectivity index (χ0) is 24.8. The summed E-state index contributed by atoms with van der Waals surface area (Å²) < 4.78 is 0. The maximum atomic E-state index is 4.98. The molecule has 0 saturated carbocycles. The van der Waals surface area contributed by atoms with Crippen LogP contribution in [0.5, 0.6) is 0 Å². The van der Waals surface area contributed by atoms with Gasteiger partial charge < -0.3 is 0 Å². The first-order valence-electron chi connectivity index (χ1n) is 13.1. The number of pyridine rings is 3. The van der Waals surface area contributed by atoms with Gasteiger partial charge in [-0.1, -0.05) is 66.7 Å². The average Bonchev–Trinajstić information content (AvgIpc) is 3.61. The summed E-state index contributed by atoms with van der Waals surface area (Å²) in [6.45, 7) is 0. The molecule has 1 spiro atoms. The van der Waals surface area contributed by atoms with Crippen molar-refractivity contribution in [3.63, 3.8) is 0 Å². The fourth-order valence-corrected chi connectivity index (χ4v) is 7.28. The molecule has 3 aliphatic rings. The molecule has 176 valence electrons. The Kier molecular flexibility index (Phi) is 3.78. The maximum absolute atomic E-state index is 4.98. The van der Waals surface area contributed by atoms with Crippen molar-refractivity contribution in [3.05, 3.63) is 149 Å². The predicted molar refractivity (Wildman–Crippen MR) is 150 cm³/mol. The van der Waals surface area contributed by atoms with Crippen LogP contribution in [0.4, 0.5) is 0 Å². The van der Waals surface area contributed by atoms with Crippen molar-refractivity contribution >= 4 is 0 Å². The van der Waals surface area contributed by atoms with E-state index in [0.717, 1.165) is 17.8 Å². The Labute approximate surface area is 220 Å². The van der Waals surface area contributed by atoms with Gasteiger partial charge in [-0.2, -0.15) is 0 Å². The van der Waals surface area contributed by atoms with Gasteiger partial charge in [0.25, 0.3) is 0 Å². The molecule has 0 fully saturated rings. The van der Waals surface area contributed by atoms with Gasteiger partial charge in [0.05, 0.1) is 16.8 Å². The number of hydrogen-bond acceptors (Lipinski definition) is 3. The van der Waals surface area contributed by atoms with Gasteiger partial charge in [-0.15, -0.1) is 0 Å². The van der Waals surface area contributed by atoms with E-state index >= 15 is 0 Å². The van der Waals surface area contributed by atoms with Crippen molar-refractivity contribution in [1.29, 1.82) is 0 Å². The third-order valence-corrected chi connectivity index (χ3v) is 8.71. The molecule has 9 rings (SSSR count). The highest BCUT2D eigenvalue weighted by Crippen LogP contribution is 2.62. The number of rotatable bonds is 1. The average molecular weight is 484 g/mol. The molecule has 3 heterocycles. The SMILES string of the molecule is c1ccc2c(c1)-c1ncccc1C21c2ccc(-c3cccc4c3-c3cnccc3C4)cc2-c2ncccc21. The molecule has 3 nitrogen and oxygen atoms in total. The summed E-state index contributed by atoms with van der Waals surface area (Å²) in [5, 5.41) is 0. The minimum atomic E-state index is -0.410. The fourth-order valence-electron chi connectivity index (χ4n) is 7.28. The standard InChI is InChI=1S/C35H21N3/c1-2-9-28-25(7-1)33-30(10-4-15-37-33)35(28)29-13-12-21(19-26(29)34-31(35)11-5-16-38-34)24-8-3-6-23-18-22-14-17-36-20-27(22)32(23)24/h1-17,19-20H,18H2.